The maximum atomic E-state index is 12.7. The number of rotatable bonds is 6. The SMILES string of the molecule is Cc1ccc(NC(=O)CN(C)C(c2ccccc2)c2ccccc2)c(C)c1. The Bertz CT molecular complexity index is 851. The normalized spacial score (nSPS) is 11.0. The van der Waals surface area contributed by atoms with Crippen LogP contribution in [-0.2, 0) is 4.79 Å². The zero-order valence-corrected chi connectivity index (χ0v) is 16.1. The minimum atomic E-state index is -0.0127. The smallest absolute Gasteiger partial charge is 0.238 e. The fraction of sp³-hybridized carbons (Fsp3) is 0.208. The molecule has 1 amide bonds. The Morgan fingerprint density at radius 2 is 1.44 bits per heavy atom. The second kappa shape index (κ2) is 8.65. The van der Waals surface area contributed by atoms with E-state index in [1.807, 2.05) is 62.5 Å². The molecule has 0 aliphatic rings. The Morgan fingerprint density at radius 3 is 1.96 bits per heavy atom. The summed E-state index contributed by atoms with van der Waals surface area (Å²) in [5, 5.41) is 3.05. The Kier molecular flexibility index (Phi) is 6.05. The summed E-state index contributed by atoms with van der Waals surface area (Å²) in [6.07, 6.45) is 0. The lowest BCUT2D eigenvalue weighted by molar-refractivity contribution is -0.117. The number of likely N-dealkylation sites (N-methyl/N-ethyl adjacent to an activating group) is 1. The van der Waals surface area contributed by atoms with E-state index >= 15 is 0 Å². The number of benzene rings is 3. The van der Waals surface area contributed by atoms with E-state index in [0.29, 0.717) is 6.54 Å². The van der Waals surface area contributed by atoms with Crippen molar-refractivity contribution in [3.8, 4) is 0 Å². The molecular weight excluding hydrogens is 332 g/mol. The van der Waals surface area contributed by atoms with E-state index in [1.165, 1.54) is 16.7 Å². The molecule has 3 rings (SSSR count). The van der Waals surface area contributed by atoms with Crippen LogP contribution in [0.2, 0.25) is 0 Å². The number of nitrogens with one attached hydrogen (secondary N) is 1. The molecule has 0 bridgehead atoms. The van der Waals surface area contributed by atoms with Gasteiger partial charge in [-0.15, -0.1) is 0 Å². The van der Waals surface area contributed by atoms with Crippen LogP contribution in [0.3, 0.4) is 0 Å². The van der Waals surface area contributed by atoms with Gasteiger partial charge in [0.15, 0.2) is 0 Å². The minimum Gasteiger partial charge on any atom is -0.325 e. The summed E-state index contributed by atoms with van der Waals surface area (Å²) < 4.78 is 0. The number of carbonyl (C=O) groups excluding carboxylic acids is 1. The molecule has 0 radical (unpaired) electrons. The Balaban J connectivity index is 1.78. The molecule has 0 saturated heterocycles. The lowest BCUT2D eigenvalue weighted by Gasteiger charge is -2.28. The van der Waals surface area contributed by atoms with Crippen molar-refractivity contribution in [1.29, 1.82) is 0 Å². The molecule has 0 aliphatic carbocycles. The summed E-state index contributed by atoms with van der Waals surface area (Å²) >= 11 is 0. The first-order valence-corrected chi connectivity index (χ1v) is 9.22. The molecule has 1 N–H and O–H groups in total. The van der Waals surface area contributed by atoms with E-state index in [4.69, 9.17) is 0 Å². The van der Waals surface area contributed by atoms with Crippen molar-refractivity contribution in [2.75, 3.05) is 18.9 Å². The minimum absolute atomic E-state index is 0.0127. The number of amides is 1. The summed E-state index contributed by atoms with van der Waals surface area (Å²) in [5.41, 5.74) is 5.48. The Morgan fingerprint density at radius 1 is 0.889 bits per heavy atom. The van der Waals surface area contributed by atoms with Crippen LogP contribution in [0, 0.1) is 13.8 Å². The van der Waals surface area contributed by atoms with Crippen molar-refractivity contribution < 1.29 is 4.79 Å². The number of hydrogen-bond acceptors (Lipinski definition) is 2. The highest BCUT2D eigenvalue weighted by Gasteiger charge is 2.21. The molecule has 3 aromatic rings. The molecule has 138 valence electrons. The van der Waals surface area contributed by atoms with Gasteiger partial charge < -0.3 is 5.32 Å². The van der Waals surface area contributed by atoms with Crippen LogP contribution in [0.4, 0.5) is 5.69 Å². The number of hydrogen-bond donors (Lipinski definition) is 1. The van der Waals surface area contributed by atoms with Crippen molar-refractivity contribution in [2.45, 2.75) is 19.9 Å². The van der Waals surface area contributed by atoms with E-state index in [2.05, 4.69) is 47.5 Å². The van der Waals surface area contributed by atoms with E-state index in [1.54, 1.807) is 0 Å². The van der Waals surface area contributed by atoms with Crippen molar-refractivity contribution in [2.24, 2.45) is 0 Å². The maximum absolute atomic E-state index is 12.7. The average molecular weight is 358 g/mol. The van der Waals surface area contributed by atoms with Crippen LogP contribution in [-0.4, -0.2) is 24.4 Å². The quantitative estimate of drug-likeness (QED) is 0.675. The maximum Gasteiger partial charge on any atom is 0.238 e. The second-order valence-electron chi connectivity index (χ2n) is 7.01. The highest BCUT2D eigenvalue weighted by atomic mass is 16.2. The van der Waals surface area contributed by atoms with Crippen LogP contribution in [0.15, 0.2) is 78.9 Å². The molecule has 3 nitrogen and oxygen atoms in total. The Hall–Kier alpha value is -2.91. The molecule has 0 atom stereocenters. The zero-order valence-electron chi connectivity index (χ0n) is 16.1. The van der Waals surface area contributed by atoms with Gasteiger partial charge in [0.25, 0.3) is 0 Å². The first-order valence-electron chi connectivity index (χ1n) is 9.22. The van der Waals surface area contributed by atoms with Gasteiger partial charge in [-0.1, -0.05) is 78.4 Å². The highest BCUT2D eigenvalue weighted by Crippen LogP contribution is 2.27. The third-order valence-electron chi connectivity index (χ3n) is 4.72. The van der Waals surface area contributed by atoms with Crippen LogP contribution in [0.5, 0.6) is 0 Å². The van der Waals surface area contributed by atoms with Crippen LogP contribution in [0.25, 0.3) is 0 Å². The van der Waals surface area contributed by atoms with Crippen molar-refractivity contribution in [3.63, 3.8) is 0 Å². The second-order valence-corrected chi connectivity index (χ2v) is 7.01. The number of nitrogens with zero attached hydrogens (tertiary/aromatic N) is 1. The van der Waals surface area contributed by atoms with E-state index in [0.717, 1.165) is 11.3 Å². The predicted octanol–water partition coefficient (Wildman–Crippen LogP) is 4.96. The topological polar surface area (TPSA) is 32.3 Å². The summed E-state index contributed by atoms with van der Waals surface area (Å²) in [4.78, 5) is 14.8. The summed E-state index contributed by atoms with van der Waals surface area (Å²) in [6.45, 7) is 4.38. The van der Waals surface area contributed by atoms with Crippen LogP contribution < -0.4 is 5.32 Å². The monoisotopic (exact) mass is 358 g/mol. The largest absolute Gasteiger partial charge is 0.325 e. The highest BCUT2D eigenvalue weighted by molar-refractivity contribution is 5.93. The third-order valence-corrected chi connectivity index (χ3v) is 4.72. The van der Waals surface area contributed by atoms with Gasteiger partial charge in [0, 0.05) is 5.69 Å². The fourth-order valence-corrected chi connectivity index (χ4v) is 3.43. The van der Waals surface area contributed by atoms with E-state index < -0.39 is 0 Å². The van der Waals surface area contributed by atoms with Gasteiger partial charge in [0.05, 0.1) is 12.6 Å². The lowest BCUT2D eigenvalue weighted by atomic mass is 9.97. The van der Waals surface area contributed by atoms with Crippen LogP contribution >= 0.6 is 0 Å². The summed E-state index contributed by atoms with van der Waals surface area (Å²) in [7, 11) is 1.99. The zero-order chi connectivity index (χ0) is 19.2. The predicted molar refractivity (Wildman–Crippen MR) is 112 cm³/mol. The average Bonchev–Trinajstić information content (AvgIpc) is 2.66. The van der Waals surface area contributed by atoms with Gasteiger partial charge in [-0.2, -0.15) is 0 Å². The van der Waals surface area contributed by atoms with Gasteiger partial charge >= 0.3 is 0 Å². The van der Waals surface area contributed by atoms with Crippen molar-refractivity contribution in [3.05, 3.63) is 101 Å². The summed E-state index contributed by atoms with van der Waals surface area (Å²) in [6, 6.07) is 26.7. The van der Waals surface area contributed by atoms with Gasteiger partial charge in [0.1, 0.15) is 0 Å². The molecule has 0 saturated carbocycles. The van der Waals surface area contributed by atoms with Gasteiger partial charge in [-0.3, -0.25) is 9.69 Å². The fourth-order valence-electron chi connectivity index (χ4n) is 3.43. The molecular formula is C24H26N2O. The molecule has 0 fully saturated rings. The molecule has 3 heteroatoms. The number of carbonyl (C=O) groups is 1. The standard InChI is InChI=1S/C24H26N2O/c1-18-14-15-22(19(2)16-18)25-23(27)17-26(3)24(20-10-6-4-7-11-20)21-12-8-5-9-13-21/h4-16,24H,17H2,1-3H3,(H,25,27). The Labute approximate surface area is 161 Å². The first-order chi connectivity index (χ1) is 13.0. The van der Waals surface area contributed by atoms with E-state index in [-0.39, 0.29) is 11.9 Å². The summed E-state index contributed by atoms with van der Waals surface area (Å²) in [5.74, 6) is -0.0127. The first kappa shape index (κ1) is 18.9. The van der Waals surface area contributed by atoms with Gasteiger partial charge in [0.2, 0.25) is 5.91 Å². The number of aryl methyl sites for hydroxylation is 2. The number of anilines is 1. The van der Waals surface area contributed by atoms with E-state index in [9.17, 15) is 4.79 Å². The third kappa shape index (κ3) is 4.83. The molecule has 0 aliphatic heterocycles. The van der Waals surface area contributed by atoms with Crippen LogP contribution in [0.1, 0.15) is 28.3 Å². The lowest BCUT2D eigenvalue weighted by Crippen LogP contribution is -2.34. The van der Waals surface area contributed by atoms with Gasteiger partial charge in [-0.05, 0) is 43.7 Å². The molecule has 3 aromatic carbocycles. The molecule has 0 heterocycles. The van der Waals surface area contributed by atoms with Crippen molar-refractivity contribution >= 4 is 11.6 Å². The van der Waals surface area contributed by atoms with Crippen molar-refractivity contribution in [1.82, 2.24) is 4.90 Å². The molecule has 0 spiro atoms. The van der Waals surface area contributed by atoms with Gasteiger partial charge in [-0.25, -0.2) is 0 Å². The molecule has 0 aromatic heterocycles. The molecule has 0 unspecified atom stereocenters. The molecule has 27 heavy (non-hydrogen) atoms.